The van der Waals surface area contributed by atoms with E-state index in [0.29, 0.717) is 18.5 Å². The Morgan fingerprint density at radius 3 is 2.61 bits per heavy atom. The van der Waals surface area contributed by atoms with Gasteiger partial charge in [-0.1, -0.05) is 30.3 Å². The van der Waals surface area contributed by atoms with Crippen LogP contribution in [0.1, 0.15) is 44.2 Å². The van der Waals surface area contributed by atoms with Crippen LogP contribution < -0.4 is 5.32 Å². The highest BCUT2D eigenvalue weighted by Crippen LogP contribution is 2.25. The SMILES string of the molecule is CC(C)(O)CCNCc1ccc(F)c(-c2cccc(CCN3CCCC3)c2)c1. The minimum absolute atomic E-state index is 0.183. The van der Waals surface area contributed by atoms with E-state index in [9.17, 15) is 9.50 Å². The van der Waals surface area contributed by atoms with Gasteiger partial charge in [0.25, 0.3) is 0 Å². The van der Waals surface area contributed by atoms with Crippen LogP contribution in [-0.2, 0) is 13.0 Å². The number of rotatable bonds is 9. The van der Waals surface area contributed by atoms with E-state index >= 15 is 0 Å². The molecule has 3 rings (SSSR count). The third kappa shape index (κ3) is 6.40. The predicted molar refractivity (Wildman–Crippen MR) is 114 cm³/mol. The number of hydrogen-bond acceptors (Lipinski definition) is 3. The molecule has 2 N–H and O–H groups in total. The van der Waals surface area contributed by atoms with Crippen LogP contribution in [0.5, 0.6) is 0 Å². The number of nitrogens with zero attached hydrogens (tertiary/aromatic N) is 1. The molecule has 0 unspecified atom stereocenters. The maximum atomic E-state index is 14.5. The first kappa shape index (κ1) is 21.0. The highest BCUT2D eigenvalue weighted by Gasteiger charge is 2.13. The quantitative estimate of drug-likeness (QED) is 0.630. The lowest BCUT2D eigenvalue weighted by Crippen LogP contribution is -2.26. The van der Waals surface area contributed by atoms with Gasteiger partial charge in [0, 0.05) is 18.7 Å². The highest BCUT2D eigenvalue weighted by atomic mass is 19.1. The van der Waals surface area contributed by atoms with Gasteiger partial charge >= 0.3 is 0 Å². The first-order chi connectivity index (χ1) is 13.4. The molecule has 0 aliphatic carbocycles. The molecular weight excluding hydrogens is 351 g/mol. The molecule has 0 radical (unpaired) electrons. The van der Waals surface area contributed by atoms with Crippen molar-refractivity contribution in [2.24, 2.45) is 0 Å². The molecule has 0 atom stereocenters. The number of halogens is 1. The fourth-order valence-corrected chi connectivity index (χ4v) is 3.72. The van der Waals surface area contributed by atoms with E-state index in [1.54, 1.807) is 19.9 Å². The Morgan fingerprint density at radius 1 is 1.07 bits per heavy atom. The minimum atomic E-state index is -0.670. The number of nitrogens with one attached hydrogen (secondary N) is 1. The van der Waals surface area contributed by atoms with Crippen molar-refractivity contribution in [3.63, 3.8) is 0 Å². The molecule has 0 saturated carbocycles. The summed E-state index contributed by atoms with van der Waals surface area (Å²) in [6.07, 6.45) is 4.30. The molecule has 1 aliphatic heterocycles. The fraction of sp³-hybridized carbons (Fsp3) is 0.500. The molecule has 0 bridgehead atoms. The summed E-state index contributed by atoms with van der Waals surface area (Å²) in [5, 5.41) is 13.1. The van der Waals surface area contributed by atoms with Gasteiger partial charge in [-0.2, -0.15) is 0 Å². The number of hydrogen-bond donors (Lipinski definition) is 2. The lowest BCUT2D eigenvalue weighted by Gasteiger charge is -2.17. The molecule has 4 heteroatoms. The van der Waals surface area contributed by atoms with E-state index in [1.807, 2.05) is 24.3 Å². The topological polar surface area (TPSA) is 35.5 Å². The van der Waals surface area contributed by atoms with Crippen LogP contribution in [0.3, 0.4) is 0 Å². The first-order valence-electron chi connectivity index (χ1n) is 10.4. The van der Waals surface area contributed by atoms with Crippen LogP contribution in [-0.4, -0.2) is 41.8 Å². The molecule has 2 aromatic rings. The molecule has 3 nitrogen and oxygen atoms in total. The highest BCUT2D eigenvalue weighted by molar-refractivity contribution is 5.65. The lowest BCUT2D eigenvalue weighted by molar-refractivity contribution is 0.0711. The second-order valence-corrected chi connectivity index (χ2v) is 8.55. The maximum Gasteiger partial charge on any atom is 0.131 e. The summed E-state index contributed by atoms with van der Waals surface area (Å²) < 4.78 is 14.5. The monoisotopic (exact) mass is 384 g/mol. The van der Waals surface area contributed by atoms with Gasteiger partial charge < -0.3 is 15.3 Å². The zero-order valence-corrected chi connectivity index (χ0v) is 17.2. The van der Waals surface area contributed by atoms with Crippen molar-refractivity contribution in [1.82, 2.24) is 10.2 Å². The largest absolute Gasteiger partial charge is 0.390 e. The van der Waals surface area contributed by atoms with Crippen molar-refractivity contribution in [3.05, 3.63) is 59.4 Å². The average Bonchev–Trinajstić information content (AvgIpc) is 3.18. The predicted octanol–water partition coefficient (Wildman–Crippen LogP) is 4.38. The van der Waals surface area contributed by atoms with Crippen LogP contribution in [0, 0.1) is 5.82 Å². The smallest absolute Gasteiger partial charge is 0.131 e. The van der Waals surface area contributed by atoms with Crippen LogP contribution in [0.2, 0.25) is 0 Å². The molecular formula is C24H33FN2O. The van der Waals surface area contributed by atoms with Crippen molar-refractivity contribution in [2.45, 2.75) is 51.7 Å². The van der Waals surface area contributed by atoms with Gasteiger partial charge in [0.05, 0.1) is 5.60 Å². The maximum absolute atomic E-state index is 14.5. The zero-order chi connectivity index (χ0) is 20.0. The summed E-state index contributed by atoms with van der Waals surface area (Å²) in [6.45, 7) is 8.49. The Morgan fingerprint density at radius 2 is 1.86 bits per heavy atom. The van der Waals surface area contributed by atoms with E-state index in [4.69, 9.17) is 0 Å². The van der Waals surface area contributed by atoms with Crippen molar-refractivity contribution in [3.8, 4) is 11.1 Å². The Bertz CT molecular complexity index is 763. The standard InChI is InChI=1S/C24H33FN2O/c1-24(2,28)11-12-26-18-20-8-9-23(25)22(17-20)21-7-5-6-19(16-21)10-15-27-13-3-4-14-27/h5-9,16-17,26,28H,3-4,10-15,18H2,1-2H3. The van der Waals surface area contributed by atoms with Gasteiger partial charge in [0.1, 0.15) is 5.82 Å². The van der Waals surface area contributed by atoms with Gasteiger partial charge in [-0.25, -0.2) is 4.39 Å². The van der Waals surface area contributed by atoms with Crippen LogP contribution >= 0.6 is 0 Å². The normalized spacial score (nSPS) is 15.3. The lowest BCUT2D eigenvalue weighted by atomic mass is 9.99. The summed E-state index contributed by atoms with van der Waals surface area (Å²) >= 11 is 0. The van der Waals surface area contributed by atoms with E-state index in [2.05, 4.69) is 22.3 Å². The summed E-state index contributed by atoms with van der Waals surface area (Å²) in [4.78, 5) is 2.51. The Labute approximate surface area is 168 Å². The molecule has 1 aliphatic rings. The molecule has 0 aromatic heterocycles. The number of likely N-dealkylation sites (tertiary alicyclic amines) is 1. The van der Waals surface area contributed by atoms with E-state index in [1.165, 1.54) is 31.5 Å². The van der Waals surface area contributed by atoms with Crippen molar-refractivity contribution < 1.29 is 9.50 Å². The first-order valence-corrected chi connectivity index (χ1v) is 10.4. The summed E-state index contributed by atoms with van der Waals surface area (Å²) in [7, 11) is 0. The van der Waals surface area contributed by atoms with Gasteiger partial charge in [-0.05, 0) is 88.0 Å². The fourth-order valence-electron chi connectivity index (χ4n) is 3.72. The Balaban J connectivity index is 1.64. The van der Waals surface area contributed by atoms with Gasteiger partial charge in [0.2, 0.25) is 0 Å². The van der Waals surface area contributed by atoms with E-state index in [0.717, 1.165) is 30.6 Å². The Kier molecular flexibility index (Phi) is 7.22. The van der Waals surface area contributed by atoms with Crippen molar-refractivity contribution >= 4 is 0 Å². The van der Waals surface area contributed by atoms with Crippen LogP contribution in [0.15, 0.2) is 42.5 Å². The van der Waals surface area contributed by atoms with Crippen LogP contribution in [0.4, 0.5) is 4.39 Å². The summed E-state index contributed by atoms with van der Waals surface area (Å²) in [5.74, 6) is -0.183. The molecule has 0 spiro atoms. The molecule has 1 heterocycles. The molecule has 1 fully saturated rings. The van der Waals surface area contributed by atoms with Crippen LogP contribution in [0.25, 0.3) is 11.1 Å². The molecule has 28 heavy (non-hydrogen) atoms. The van der Waals surface area contributed by atoms with Gasteiger partial charge in [0.15, 0.2) is 0 Å². The molecule has 2 aromatic carbocycles. The van der Waals surface area contributed by atoms with E-state index in [-0.39, 0.29) is 5.82 Å². The molecule has 1 saturated heterocycles. The van der Waals surface area contributed by atoms with Gasteiger partial charge in [-0.3, -0.25) is 0 Å². The van der Waals surface area contributed by atoms with Crippen molar-refractivity contribution in [1.29, 1.82) is 0 Å². The Hall–Kier alpha value is -1.75. The minimum Gasteiger partial charge on any atom is -0.390 e. The van der Waals surface area contributed by atoms with Gasteiger partial charge in [-0.15, -0.1) is 0 Å². The summed E-state index contributed by atoms with van der Waals surface area (Å²) in [5.41, 5.74) is 3.24. The summed E-state index contributed by atoms with van der Waals surface area (Å²) in [6, 6.07) is 13.6. The average molecular weight is 385 g/mol. The van der Waals surface area contributed by atoms with Crippen molar-refractivity contribution in [2.75, 3.05) is 26.2 Å². The second kappa shape index (κ2) is 9.64. The second-order valence-electron chi connectivity index (χ2n) is 8.55. The third-order valence-electron chi connectivity index (χ3n) is 5.43. The molecule has 0 amide bonds. The zero-order valence-electron chi connectivity index (χ0n) is 17.2. The number of benzene rings is 2. The molecule has 152 valence electrons. The third-order valence-corrected chi connectivity index (χ3v) is 5.43. The van der Waals surface area contributed by atoms with E-state index < -0.39 is 5.60 Å². The number of aliphatic hydroxyl groups is 1.